The second kappa shape index (κ2) is 3.10. The highest BCUT2D eigenvalue weighted by Gasteiger charge is 2.41. The maximum Gasteiger partial charge on any atom is 0.323 e. The zero-order chi connectivity index (χ0) is 9.19. The molecule has 3 amide bonds. The van der Waals surface area contributed by atoms with Crippen LogP contribution in [0.1, 0.15) is 26.2 Å². The summed E-state index contributed by atoms with van der Waals surface area (Å²) in [6.45, 7) is 2.00. The van der Waals surface area contributed by atoms with E-state index >= 15 is 0 Å². The van der Waals surface area contributed by atoms with E-state index in [2.05, 4.69) is 10.6 Å². The molecule has 5 nitrogen and oxygen atoms in total. The zero-order valence-corrected chi connectivity index (χ0v) is 7.02. The van der Waals surface area contributed by atoms with E-state index in [1.54, 1.807) is 0 Å². The highest BCUT2D eigenvalue weighted by molar-refractivity contribution is 6.06. The molecule has 1 aliphatic rings. The molecule has 1 saturated heterocycles. The summed E-state index contributed by atoms with van der Waals surface area (Å²) in [7, 11) is 0. The first-order chi connectivity index (χ1) is 5.58. The second-order valence-electron chi connectivity index (χ2n) is 2.98. The van der Waals surface area contributed by atoms with E-state index < -0.39 is 17.6 Å². The molecule has 4 N–H and O–H groups in total. The average Bonchev–Trinajstić information content (AvgIpc) is 2.23. The van der Waals surface area contributed by atoms with Gasteiger partial charge in [-0.05, 0) is 12.8 Å². The second-order valence-corrected chi connectivity index (χ2v) is 2.98. The molecule has 1 fully saturated rings. The van der Waals surface area contributed by atoms with Gasteiger partial charge in [-0.2, -0.15) is 0 Å². The SMILES string of the molecule is CCCCC1(N)NC(=O)NC1=O. The molecule has 5 heteroatoms. The number of hydrogen-bond acceptors (Lipinski definition) is 3. The van der Waals surface area contributed by atoms with Crippen molar-refractivity contribution in [1.29, 1.82) is 0 Å². The van der Waals surface area contributed by atoms with Gasteiger partial charge < -0.3 is 11.1 Å². The molecule has 0 spiro atoms. The topological polar surface area (TPSA) is 84.2 Å². The molecule has 0 aromatic rings. The molecule has 0 aromatic carbocycles. The summed E-state index contributed by atoms with van der Waals surface area (Å²) in [4.78, 5) is 21.8. The summed E-state index contributed by atoms with van der Waals surface area (Å²) >= 11 is 0. The lowest BCUT2D eigenvalue weighted by Gasteiger charge is -2.19. The number of rotatable bonds is 3. The Morgan fingerprint density at radius 2 is 2.17 bits per heavy atom. The lowest BCUT2D eigenvalue weighted by Crippen LogP contribution is -2.55. The molecule has 12 heavy (non-hydrogen) atoms. The van der Waals surface area contributed by atoms with E-state index in [0.717, 1.165) is 12.8 Å². The van der Waals surface area contributed by atoms with Crippen LogP contribution in [-0.2, 0) is 4.79 Å². The Labute approximate surface area is 70.7 Å². The summed E-state index contributed by atoms with van der Waals surface area (Å²) in [5.74, 6) is -0.430. The first-order valence-corrected chi connectivity index (χ1v) is 4.01. The normalized spacial score (nSPS) is 28.5. The monoisotopic (exact) mass is 171 g/mol. The van der Waals surface area contributed by atoms with Gasteiger partial charge in [0, 0.05) is 0 Å². The van der Waals surface area contributed by atoms with Crippen LogP contribution in [0.3, 0.4) is 0 Å². The highest BCUT2D eigenvalue weighted by Crippen LogP contribution is 2.11. The van der Waals surface area contributed by atoms with Crippen LogP contribution in [0.25, 0.3) is 0 Å². The molecule has 1 atom stereocenters. The van der Waals surface area contributed by atoms with Crippen LogP contribution in [0.2, 0.25) is 0 Å². The number of amides is 3. The summed E-state index contributed by atoms with van der Waals surface area (Å²) in [6.07, 6.45) is 2.26. The number of carbonyl (C=O) groups is 2. The minimum atomic E-state index is -1.17. The third-order valence-corrected chi connectivity index (χ3v) is 1.89. The Morgan fingerprint density at radius 3 is 2.58 bits per heavy atom. The molecule has 0 bridgehead atoms. The Hall–Kier alpha value is -1.10. The average molecular weight is 171 g/mol. The van der Waals surface area contributed by atoms with Gasteiger partial charge in [0.2, 0.25) is 0 Å². The fourth-order valence-corrected chi connectivity index (χ4v) is 1.14. The van der Waals surface area contributed by atoms with Gasteiger partial charge in [-0.25, -0.2) is 4.79 Å². The summed E-state index contributed by atoms with van der Waals surface area (Å²) in [6, 6.07) is -0.501. The molecule has 68 valence electrons. The molecule has 1 aliphatic heterocycles. The van der Waals surface area contributed by atoms with E-state index in [4.69, 9.17) is 5.73 Å². The van der Waals surface area contributed by atoms with Crippen molar-refractivity contribution in [2.75, 3.05) is 0 Å². The van der Waals surface area contributed by atoms with Crippen molar-refractivity contribution in [3.63, 3.8) is 0 Å². The predicted molar refractivity (Wildman–Crippen MR) is 43.1 cm³/mol. The molecule has 0 saturated carbocycles. The van der Waals surface area contributed by atoms with Gasteiger partial charge in [-0.3, -0.25) is 10.1 Å². The lowest BCUT2D eigenvalue weighted by atomic mass is 10.0. The number of hydrogen-bond donors (Lipinski definition) is 3. The van der Waals surface area contributed by atoms with Crippen molar-refractivity contribution in [2.45, 2.75) is 31.8 Å². The number of unbranched alkanes of at least 4 members (excludes halogenated alkanes) is 1. The third kappa shape index (κ3) is 1.55. The first kappa shape index (κ1) is 8.99. The predicted octanol–water partition coefficient (Wildman–Crippen LogP) is -0.329. The molecular formula is C7H13N3O2. The van der Waals surface area contributed by atoms with Crippen LogP contribution in [0, 0.1) is 0 Å². The summed E-state index contributed by atoms with van der Waals surface area (Å²) in [5.41, 5.74) is 4.46. The van der Waals surface area contributed by atoms with Crippen molar-refractivity contribution < 1.29 is 9.59 Å². The maximum atomic E-state index is 11.1. The van der Waals surface area contributed by atoms with E-state index in [1.807, 2.05) is 6.92 Å². The van der Waals surface area contributed by atoms with Crippen molar-refractivity contribution in [3.05, 3.63) is 0 Å². The number of nitrogens with two attached hydrogens (primary N) is 1. The minimum Gasteiger partial charge on any atom is -0.311 e. The van der Waals surface area contributed by atoms with Gasteiger partial charge in [0.05, 0.1) is 0 Å². The molecule has 1 unspecified atom stereocenters. The molecule has 0 radical (unpaired) electrons. The first-order valence-electron chi connectivity index (χ1n) is 4.01. The van der Waals surface area contributed by atoms with Gasteiger partial charge in [-0.15, -0.1) is 0 Å². The number of carbonyl (C=O) groups excluding carboxylic acids is 2. The Morgan fingerprint density at radius 1 is 1.50 bits per heavy atom. The van der Waals surface area contributed by atoms with Crippen LogP contribution in [0.5, 0.6) is 0 Å². The van der Waals surface area contributed by atoms with Crippen LogP contribution in [0.15, 0.2) is 0 Å². The molecule has 1 rings (SSSR count). The van der Waals surface area contributed by atoms with Crippen LogP contribution in [0.4, 0.5) is 4.79 Å². The van der Waals surface area contributed by atoms with E-state index in [9.17, 15) is 9.59 Å². The quantitative estimate of drug-likeness (QED) is 0.508. The minimum absolute atomic E-state index is 0.430. The molecule has 0 aromatic heterocycles. The van der Waals surface area contributed by atoms with Crippen molar-refractivity contribution in [3.8, 4) is 0 Å². The fourth-order valence-electron chi connectivity index (χ4n) is 1.14. The zero-order valence-electron chi connectivity index (χ0n) is 7.02. The molecular weight excluding hydrogens is 158 g/mol. The number of nitrogens with one attached hydrogen (secondary N) is 2. The maximum absolute atomic E-state index is 11.1. The lowest BCUT2D eigenvalue weighted by molar-refractivity contribution is -0.124. The van der Waals surface area contributed by atoms with Gasteiger partial charge >= 0.3 is 6.03 Å². The van der Waals surface area contributed by atoms with Crippen LogP contribution in [-0.4, -0.2) is 17.6 Å². The van der Waals surface area contributed by atoms with Crippen molar-refractivity contribution >= 4 is 11.9 Å². The van der Waals surface area contributed by atoms with Gasteiger partial charge in [0.25, 0.3) is 5.91 Å². The van der Waals surface area contributed by atoms with Gasteiger partial charge in [-0.1, -0.05) is 13.3 Å². The van der Waals surface area contributed by atoms with Gasteiger partial charge in [0.15, 0.2) is 5.66 Å². The molecule has 1 heterocycles. The largest absolute Gasteiger partial charge is 0.323 e. The summed E-state index contributed by atoms with van der Waals surface area (Å²) in [5, 5.41) is 4.50. The van der Waals surface area contributed by atoms with Gasteiger partial charge in [0.1, 0.15) is 0 Å². The van der Waals surface area contributed by atoms with E-state index in [0.29, 0.717) is 6.42 Å². The Bertz CT molecular complexity index is 217. The van der Waals surface area contributed by atoms with Crippen molar-refractivity contribution in [1.82, 2.24) is 10.6 Å². The number of imide groups is 1. The molecule has 0 aliphatic carbocycles. The van der Waals surface area contributed by atoms with Crippen LogP contribution >= 0.6 is 0 Å². The van der Waals surface area contributed by atoms with Crippen molar-refractivity contribution in [2.24, 2.45) is 5.73 Å². The Kier molecular flexibility index (Phi) is 2.32. The number of urea groups is 1. The van der Waals surface area contributed by atoms with E-state index in [1.165, 1.54) is 0 Å². The summed E-state index contributed by atoms with van der Waals surface area (Å²) < 4.78 is 0. The van der Waals surface area contributed by atoms with E-state index in [-0.39, 0.29) is 0 Å². The van der Waals surface area contributed by atoms with Crippen LogP contribution < -0.4 is 16.4 Å². The Balaban J connectivity index is 2.58. The highest BCUT2D eigenvalue weighted by atomic mass is 16.2. The standard InChI is InChI=1S/C7H13N3O2/c1-2-3-4-7(8)5(11)9-6(12)10-7/h2-4,8H2,1H3,(H2,9,10,11,12). The fraction of sp³-hybridized carbons (Fsp3) is 0.714. The third-order valence-electron chi connectivity index (χ3n) is 1.89. The smallest absolute Gasteiger partial charge is 0.311 e.